The molecule has 1 saturated carbocycles. The number of aryl methyl sites for hydroxylation is 1. The summed E-state index contributed by atoms with van der Waals surface area (Å²) in [5.41, 5.74) is 3.23. The zero-order chi connectivity index (χ0) is 28.2. The second-order valence-corrected chi connectivity index (χ2v) is 10.9. The molecule has 40 heavy (non-hydrogen) atoms. The molecule has 0 aliphatic heterocycles. The van der Waals surface area contributed by atoms with E-state index in [-0.39, 0.29) is 23.0 Å². The predicted molar refractivity (Wildman–Crippen MR) is 157 cm³/mol. The van der Waals surface area contributed by atoms with Crippen molar-refractivity contribution in [2.24, 2.45) is 13.0 Å². The number of hydrogen-bond acceptors (Lipinski definition) is 4. The molecule has 2 amide bonds. The lowest BCUT2D eigenvalue weighted by Crippen LogP contribution is -2.30. The van der Waals surface area contributed by atoms with Crippen LogP contribution in [0.4, 0.5) is 16.0 Å². The van der Waals surface area contributed by atoms with Crippen LogP contribution in [0.5, 0.6) is 0 Å². The lowest BCUT2D eigenvalue weighted by Gasteiger charge is -2.21. The molecule has 0 atom stereocenters. The van der Waals surface area contributed by atoms with Crippen LogP contribution in [0, 0.1) is 11.7 Å². The average molecular weight is 583 g/mol. The molecule has 1 aliphatic carbocycles. The number of rotatable bonds is 8. The molecule has 10 heteroatoms. The zero-order valence-electron chi connectivity index (χ0n) is 22.1. The van der Waals surface area contributed by atoms with E-state index in [9.17, 15) is 14.0 Å². The van der Waals surface area contributed by atoms with Crippen LogP contribution in [0.15, 0.2) is 54.6 Å². The van der Waals surface area contributed by atoms with Crippen LogP contribution in [-0.2, 0) is 13.6 Å². The van der Waals surface area contributed by atoms with E-state index in [1.54, 1.807) is 24.3 Å². The van der Waals surface area contributed by atoms with Crippen LogP contribution in [0.2, 0.25) is 10.0 Å². The molecule has 1 aliphatic rings. The molecule has 1 heterocycles. The van der Waals surface area contributed by atoms with Crippen molar-refractivity contribution in [3.05, 3.63) is 87.2 Å². The highest BCUT2D eigenvalue weighted by atomic mass is 35.5. The van der Waals surface area contributed by atoms with Gasteiger partial charge in [-0.25, -0.2) is 9.37 Å². The van der Waals surface area contributed by atoms with Gasteiger partial charge in [0.15, 0.2) is 0 Å². The number of anilines is 2. The number of imidazole rings is 1. The van der Waals surface area contributed by atoms with Gasteiger partial charge in [0.05, 0.1) is 32.3 Å². The summed E-state index contributed by atoms with van der Waals surface area (Å²) in [6.07, 6.45) is 6.10. The maximum Gasteiger partial charge on any atom is 0.256 e. The number of carbonyl (C=O) groups is 2. The molecule has 0 bridgehead atoms. The summed E-state index contributed by atoms with van der Waals surface area (Å²) in [4.78, 5) is 30.0. The Morgan fingerprint density at radius 3 is 2.55 bits per heavy atom. The first kappa shape index (κ1) is 27.9. The van der Waals surface area contributed by atoms with Crippen LogP contribution >= 0.6 is 23.2 Å². The highest BCUT2D eigenvalue weighted by Gasteiger charge is 2.18. The number of nitrogens with zero attached hydrogens (tertiary/aromatic N) is 2. The smallest absolute Gasteiger partial charge is 0.256 e. The first-order valence-electron chi connectivity index (χ1n) is 13.3. The fourth-order valence-electron chi connectivity index (χ4n) is 5.07. The first-order chi connectivity index (χ1) is 19.3. The third-order valence-electron chi connectivity index (χ3n) is 7.34. The number of benzene rings is 3. The molecule has 0 unspecified atom stereocenters. The molecular weight excluding hydrogens is 552 g/mol. The quantitative estimate of drug-likeness (QED) is 0.209. The molecule has 1 fully saturated rings. The normalized spacial score (nSPS) is 13.8. The van der Waals surface area contributed by atoms with Crippen LogP contribution < -0.4 is 16.0 Å². The summed E-state index contributed by atoms with van der Waals surface area (Å²) in [5, 5.41) is 9.53. The Morgan fingerprint density at radius 2 is 1.77 bits per heavy atom. The summed E-state index contributed by atoms with van der Waals surface area (Å²) in [6.45, 7) is 0.839. The molecule has 0 saturated heterocycles. The van der Waals surface area contributed by atoms with E-state index in [1.807, 2.05) is 23.7 Å². The number of nitrogens with one attached hydrogen (secondary N) is 3. The highest BCUT2D eigenvalue weighted by molar-refractivity contribution is 6.34. The van der Waals surface area contributed by atoms with Gasteiger partial charge in [0.1, 0.15) is 5.82 Å². The summed E-state index contributed by atoms with van der Waals surface area (Å²) in [6, 6.07) is 14.8. The zero-order valence-corrected chi connectivity index (χ0v) is 23.6. The SMILES string of the molecule is Cn1c(Nc2cc(CNC(=O)c3c(F)cccc3Cl)ccc2Cl)nc2cc(C(=O)NCC3CCCCC3)ccc21. The Labute approximate surface area is 242 Å². The van der Waals surface area contributed by atoms with Gasteiger partial charge in [-0.3, -0.25) is 9.59 Å². The number of aromatic nitrogens is 2. The molecular formula is C30H30Cl2FN5O2. The molecule has 4 aromatic rings. The van der Waals surface area contributed by atoms with E-state index in [0.717, 1.165) is 11.1 Å². The summed E-state index contributed by atoms with van der Waals surface area (Å²) >= 11 is 12.5. The van der Waals surface area contributed by atoms with Gasteiger partial charge >= 0.3 is 0 Å². The largest absolute Gasteiger partial charge is 0.352 e. The van der Waals surface area contributed by atoms with Crippen molar-refractivity contribution in [3.63, 3.8) is 0 Å². The lowest BCUT2D eigenvalue weighted by atomic mass is 9.89. The molecule has 208 valence electrons. The second kappa shape index (κ2) is 12.3. The Balaban J connectivity index is 1.28. The van der Waals surface area contributed by atoms with Gasteiger partial charge in [0.25, 0.3) is 11.8 Å². The van der Waals surface area contributed by atoms with Crippen LogP contribution in [0.1, 0.15) is 58.4 Å². The molecule has 0 spiro atoms. The van der Waals surface area contributed by atoms with Crippen LogP contribution in [0.25, 0.3) is 11.0 Å². The number of fused-ring (bicyclic) bond motifs is 1. The highest BCUT2D eigenvalue weighted by Crippen LogP contribution is 2.29. The third-order valence-corrected chi connectivity index (χ3v) is 7.98. The minimum absolute atomic E-state index is 0.0441. The van der Waals surface area contributed by atoms with Crippen molar-refractivity contribution in [3.8, 4) is 0 Å². The topological polar surface area (TPSA) is 88.1 Å². The average Bonchev–Trinajstić information content (AvgIpc) is 3.26. The van der Waals surface area contributed by atoms with E-state index in [1.165, 1.54) is 50.3 Å². The Bertz CT molecular complexity index is 1550. The fourth-order valence-corrected chi connectivity index (χ4v) is 5.48. The molecule has 1 aromatic heterocycles. The van der Waals surface area contributed by atoms with Gasteiger partial charge in [-0.15, -0.1) is 0 Å². The van der Waals surface area contributed by atoms with Crippen molar-refractivity contribution >= 4 is 57.7 Å². The van der Waals surface area contributed by atoms with Crippen molar-refractivity contribution in [2.75, 3.05) is 11.9 Å². The fraction of sp³-hybridized carbons (Fsp3) is 0.300. The van der Waals surface area contributed by atoms with Crippen molar-refractivity contribution in [1.29, 1.82) is 0 Å². The van der Waals surface area contributed by atoms with Crippen LogP contribution in [0.3, 0.4) is 0 Å². The summed E-state index contributed by atoms with van der Waals surface area (Å²) in [7, 11) is 1.87. The molecule has 5 rings (SSSR count). The molecule has 7 nitrogen and oxygen atoms in total. The van der Waals surface area contributed by atoms with Crippen LogP contribution in [-0.4, -0.2) is 27.9 Å². The maximum atomic E-state index is 14.1. The predicted octanol–water partition coefficient (Wildman–Crippen LogP) is 7.00. The molecule has 3 N–H and O–H groups in total. The first-order valence-corrected chi connectivity index (χ1v) is 14.1. The van der Waals surface area contributed by atoms with Crippen molar-refractivity contribution in [1.82, 2.24) is 20.2 Å². The Hall–Kier alpha value is -3.62. The monoisotopic (exact) mass is 581 g/mol. The summed E-state index contributed by atoms with van der Waals surface area (Å²) in [5.74, 6) is -0.298. The Kier molecular flexibility index (Phi) is 8.57. The van der Waals surface area contributed by atoms with E-state index in [2.05, 4.69) is 16.0 Å². The third kappa shape index (κ3) is 6.24. The van der Waals surface area contributed by atoms with E-state index >= 15 is 0 Å². The Morgan fingerprint density at radius 1 is 0.975 bits per heavy atom. The van der Waals surface area contributed by atoms with Crippen molar-refractivity contribution < 1.29 is 14.0 Å². The number of halogens is 3. The number of hydrogen-bond donors (Lipinski definition) is 3. The van der Waals surface area contributed by atoms with Crippen molar-refractivity contribution in [2.45, 2.75) is 38.6 Å². The second-order valence-electron chi connectivity index (χ2n) is 10.1. The minimum atomic E-state index is -0.685. The van der Waals surface area contributed by atoms with Gasteiger partial charge in [-0.2, -0.15) is 0 Å². The van der Waals surface area contributed by atoms with Gasteiger partial charge in [-0.1, -0.05) is 54.6 Å². The number of carbonyl (C=O) groups excluding carboxylic acids is 2. The maximum absolute atomic E-state index is 14.1. The van der Waals surface area contributed by atoms with E-state index < -0.39 is 11.7 Å². The van der Waals surface area contributed by atoms with Gasteiger partial charge in [0.2, 0.25) is 5.95 Å². The van der Waals surface area contributed by atoms with Gasteiger partial charge < -0.3 is 20.5 Å². The van der Waals surface area contributed by atoms with E-state index in [0.29, 0.717) is 40.2 Å². The lowest BCUT2D eigenvalue weighted by molar-refractivity contribution is 0.0937. The standard InChI is InChI=1S/C30H30Cl2FN5O2/c1-38-26-13-11-20(28(39)34-16-18-6-3-2-4-7-18)15-25(26)37-30(38)36-24-14-19(10-12-21(24)31)17-35-29(40)27-22(32)8-5-9-23(27)33/h5,8-15,18H,2-4,6-7,16-17H2,1H3,(H,34,39)(H,35,40)(H,36,37). The number of amides is 2. The summed E-state index contributed by atoms with van der Waals surface area (Å²) < 4.78 is 16.0. The van der Waals surface area contributed by atoms with E-state index in [4.69, 9.17) is 28.2 Å². The molecule has 3 aromatic carbocycles. The minimum Gasteiger partial charge on any atom is -0.352 e. The molecule has 0 radical (unpaired) electrons. The van der Waals surface area contributed by atoms with Gasteiger partial charge in [0, 0.05) is 25.7 Å². The van der Waals surface area contributed by atoms with Gasteiger partial charge in [-0.05, 0) is 66.8 Å².